The molecular weight excluding hydrogens is 252 g/mol. The zero-order valence-corrected chi connectivity index (χ0v) is 12.2. The third-order valence-electron chi connectivity index (χ3n) is 2.57. The first-order valence-electron chi connectivity index (χ1n) is 6.08. The van der Waals surface area contributed by atoms with Crippen LogP contribution < -0.4 is 0 Å². The maximum atomic E-state index is 13.2. The van der Waals surface area contributed by atoms with Crippen molar-refractivity contribution in [3.05, 3.63) is 0 Å². The molecule has 0 N–H and O–H groups in total. The largest absolute Gasteiger partial charge is 0.425 e. The van der Waals surface area contributed by atoms with Crippen LogP contribution in [0.3, 0.4) is 0 Å². The third-order valence-corrected chi connectivity index (χ3v) is 7.20. The molecule has 0 unspecified atom stereocenters. The summed E-state index contributed by atoms with van der Waals surface area (Å²) in [6.45, 7) is 3.48. The van der Waals surface area contributed by atoms with Crippen molar-refractivity contribution in [3.63, 3.8) is 0 Å². The van der Waals surface area contributed by atoms with E-state index < -0.39 is 17.5 Å². The van der Waals surface area contributed by atoms with Gasteiger partial charge >= 0.3 is 17.5 Å². The fourth-order valence-corrected chi connectivity index (χ4v) is 5.25. The van der Waals surface area contributed by atoms with E-state index in [1.54, 1.807) is 13.8 Å². The summed E-state index contributed by atoms with van der Waals surface area (Å²) in [5.74, 6) is 0. The van der Waals surface area contributed by atoms with Crippen molar-refractivity contribution in [2.45, 2.75) is 63.7 Å². The molecule has 0 fully saturated rings. The third kappa shape index (κ3) is 8.32. The average molecular weight is 274 g/mol. The number of hydrogen-bond acceptors (Lipinski definition) is 0. The first-order valence-corrected chi connectivity index (χ1v) is 10.4. The molecule has 0 rings (SSSR count). The Morgan fingerprint density at radius 2 is 0.938 bits per heavy atom. The highest BCUT2D eigenvalue weighted by Crippen LogP contribution is 2.27. The SMILES string of the molecule is CCC[Si](F)(F)CCCC[Si](F)(F)CCC. The molecule has 0 aromatic rings. The molecule has 0 heterocycles. The van der Waals surface area contributed by atoms with Gasteiger partial charge in [-0.05, 0) is 24.2 Å². The maximum Gasteiger partial charge on any atom is 0.425 e. The van der Waals surface area contributed by atoms with Crippen LogP contribution in [0, 0.1) is 0 Å². The minimum atomic E-state index is -4.05. The fourth-order valence-electron chi connectivity index (χ4n) is 1.75. The van der Waals surface area contributed by atoms with Gasteiger partial charge < -0.3 is 0 Å². The molecule has 0 atom stereocenters. The molecule has 98 valence electrons. The predicted octanol–water partition coefficient (Wildman–Crippen LogP) is 5.35. The highest BCUT2D eigenvalue weighted by atomic mass is 28.4. The lowest BCUT2D eigenvalue weighted by molar-refractivity contribution is 0.552. The first-order chi connectivity index (χ1) is 7.33. The van der Waals surface area contributed by atoms with Gasteiger partial charge in [-0.3, -0.25) is 16.4 Å². The minimum absolute atomic E-state index is 0.00970. The van der Waals surface area contributed by atoms with E-state index in [0.717, 1.165) is 0 Å². The molecule has 0 spiro atoms. The molecule has 0 nitrogen and oxygen atoms in total. The van der Waals surface area contributed by atoms with Crippen molar-refractivity contribution in [3.8, 4) is 0 Å². The second kappa shape index (κ2) is 7.47. The summed E-state index contributed by atoms with van der Waals surface area (Å²) in [6, 6.07) is -0.180. The lowest BCUT2D eigenvalue weighted by Crippen LogP contribution is -2.23. The Hall–Kier alpha value is 0.154. The summed E-state index contributed by atoms with van der Waals surface area (Å²) in [5.41, 5.74) is 0. The summed E-state index contributed by atoms with van der Waals surface area (Å²) in [5, 5.41) is 0. The van der Waals surface area contributed by atoms with E-state index in [4.69, 9.17) is 0 Å². The summed E-state index contributed by atoms with van der Waals surface area (Å²) in [7, 11) is -8.10. The first kappa shape index (κ1) is 16.2. The van der Waals surface area contributed by atoms with Gasteiger partial charge in [-0.25, -0.2) is 0 Å². The minimum Gasteiger partial charge on any atom is -0.270 e. The molecule has 0 aliphatic rings. The van der Waals surface area contributed by atoms with Crippen molar-refractivity contribution in [2.75, 3.05) is 0 Å². The quantitative estimate of drug-likeness (QED) is 0.230. The number of hydrogen-bond donors (Lipinski definition) is 0. The Morgan fingerprint density at radius 1 is 0.625 bits per heavy atom. The Bertz CT molecular complexity index is 166. The van der Waals surface area contributed by atoms with Gasteiger partial charge in [-0.2, -0.15) is 0 Å². The Kier molecular flexibility index (Phi) is 7.55. The molecule has 0 bridgehead atoms. The van der Waals surface area contributed by atoms with Crippen LogP contribution in [-0.2, 0) is 0 Å². The van der Waals surface area contributed by atoms with E-state index in [9.17, 15) is 16.4 Å². The molecule has 0 aliphatic heterocycles. The van der Waals surface area contributed by atoms with Crippen LogP contribution in [0.2, 0.25) is 24.2 Å². The van der Waals surface area contributed by atoms with Crippen molar-refractivity contribution in [2.24, 2.45) is 0 Å². The summed E-state index contributed by atoms with van der Waals surface area (Å²) in [4.78, 5) is 0. The van der Waals surface area contributed by atoms with E-state index >= 15 is 0 Å². The van der Waals surface area contributed by atoms with E-state index in [1.807, 2.05) is 0 Å². The van der Waals surface area contributed by atoms with Gasteiger partial charge in [0.2, 0.25) is 0 Å². The van der Waals surface area contributed by atoms with Crippen LogP contribution >= 0.6 is 0 Å². The molecule has 0 saturated heterocycles. The zero-order chi connectivity index (χ0) is 12.7. The van der Waals surface area contributed by atoms with Gasteiger partial charge in [0.05, 0.1) is 0 Å². The Balaban J connectivity index is 3.67. The van der Waals surface area contributed by atoms with E-state index in [1.165, 1.54) is 0 Å². The number of rotatable bonds is 9. The second-order valence-electron chi connectivity index (χ2n) is 4.42. The summed E-state index contributed by atoms with van der Waals surface area (Å²) in [6.07, 6.45) is 1.57. The maximum absolute atomic E-state index is 13.2. The van der Waals surface area contributed by atoms with Gasteiger partial charge in [0.25, 0.3) is 0 Å². The van der Waals surface area contributed by atoms with Gasteiger partial charge in [-0.15, -0.1) is 0 Å². The summed E-state index contributed by atoms with van der Waals surface area (Å²) < 4.78 is 52.6. The van der Waals surface area contributed by atoms with Crippen molar-refractivity contribution in [1.29, 1.82) is 0 Å². The second-order valence-corrected chi connectivity index (χ2v) is 9.84. The highest BCUT2D eigenvalue weighted by molar-refractivity contribution is 6.66. The predicted molar refractivity (Wildman–Crippen MR) is 65.0 cm³/mol. The number of unbranched alkanes of at least 4 members (excludes halogenated alkanes) is 1. The fraction of sp³-hybridized carbons (Fsp3) is 1.00. The molecule has 16 heavy (non-hydrogen) atoms. The number of halogens is 4. The average Bonchev–Trinajstić information content (AvgIpc) is 2.12. The normalized spacial score (nSPS) is 13.1. The van der Waals surface area contributed by atoms with Crippen LogP contribution in [0.4, 0.5) is 16.4 Å². The van der Waals surface area contributed by atoms with Gasteiger partial charge in [-0.1, -0.05) is 39.5 Å². The van der Waals surface area contributed by atoms with Crippen LogP contribution in [0.1, 0.15) is 39.5 Å². The molecule has 0 aromatic heterocycles. The topological polar surface area (TPSA) is 0 Å². The van der Waals surface area contributed by atoms with Gasteiger partial charge in [0.15, 0.2) is 0 Å². The Labute approximate surface area is 98.1 Å². The molecule has 0 saturated carbocycles. The Morgan fingerprint density at radius 3 is 1.19 bits per heavy atom. The van der Waals surface area contributed by atoms with Crippen LogP contribution in [0.5, 0.6) is 0 Å². The smallest absolute Gasteiger partial charge is 0.270 e. The lowest BCUT2D eigenvalue weighted by Gasteiger charge is -2.13. The van der Waals surface area contributed by atoms with Crippen LogP contribution in [0.15, 0.2) is 0 Å². The van der Waals surface area contributed by atoms with Crippen molar-refractivity contribution >= 4 is 17.5 Å². The van der Waals surface area contributed by atoms with Gasteiger partial charge in [0, 0.05) is 0 Å². The van der Waals surface area contributed by atoms with E-state index in [0.29, 0.717) is 12.8 Å². The van der Waals surface area contributed by atoms with Crippen molar-refractivity contribution in [1.82, 2.24) is 0 Å². The van der Waals surface area contributed by atoms with E-state index in [2.05, 4.69) is 0 Å². The lowest BCUT2D eigenvalue weighted by atomic mass is 10.4. The molecule has 0 radical (unpaired) electrons. The standard InChI is InChI=1S/C10H22F4Si2/c1-3-7-15(11,12)9-5-6-10-16(13,14)8-4-2/h3-10H2,1-2H3. The van der Waals surface area contributed by atoms with Crippen molar-refractivity contribution < 1.29 is 16.4 Å². The zero-order valence-electron chi connectivity index (χ0n) is 10.2. The van der Waals surface area contributed by atoms with E-state index in [-0.39, 0.29) is 37.0 Å². The van der Waals surface area contributed by atoms with Crippen LogP contribution in [0.25, 0.3) is 0 Å². The van der Waals surface area contributed by atoms with Gasteiger partial charge in [0.1, 0.15) is 0 Å². The summed E-state index contributed by atoms with van der Waals surface area (Å²) >= 11 is 0. The molecule has 6 heteroatoms. The molecule has 0 aromatic carbocycles. The molecule has 0 aliphatic carbocycles. The van der Waals surface area contributed by atoms with Crippen LogP contribution in [-0.4, -0.2) is 17.5 Å². The molecule has 0 amide bonds. The highest BCUT2D eigenvalue weighted by Gasteiger charge is 2.35. The molecular formula is C10H22F4Si2. The monoisotopic (exact) mass is 274 g/mol.